The van der Waals surface area contributed by atoms with Crippen molar-refractivity contribution in [2.75, 3.05) is 7.11 Å². The summed E-state index contributed by atoms with van der Waals surface area (Å²) in [6, 6.07) is 0. The molecule has 0 bridgehead atoms. The van der Waals surface area contributed by atoms with Crippen LogP contribution in [0.25, 0.3) is 0 Å². The summed E-state index contributed by atoms with van der Waals surface area (Å²) in [5.74, 6) is -0.645. The van der Waals surface area contributed by atoms with Crippen LogP contribution in [-0.4, -0.2) is 30.1 Å². The van der Waals surface area contributed by atoms with Gasteiger partial charge in [-0.15, -0.1) is 0 Å². The Labute approximate surface area is 88.9 Å². The van der Waals surface area contributed by atoms with Gasteiger partial charge in [-0.3, -0.25) is 9.59 Å². The summed E-state index contributed by atoms with van der Waals surface area (Å²) in [7, 11) is 1.59. The normalized spacial score (nSPS) is 20.5. The van der Waals surface area contributed by atoms with Crippen LogP contribution >= 0.6 is 0 Å². The zero-order chi connectivity index (χ0) is 11.3. The molecule has 0 radical (unpaired) electrons. The summed E-state index contributed by atoms with van der Waals surface area (Å²) in [4.78, 5) is 21.7. The van der Waals surface area contributed by atoms with Crippen molar-refractivity contribution in [3.8, 4) is 0 Å². The second kappa shape index (κ2) is 5.66. The highest BCUT2D eigenvalue weighted by Crippen LogP contribution is 2.21. The van der Waals surface area contributed by atoms with Crippen molar-refractivity contribution in [2.24, 2.45) is 0 Å². The van der Waals surface area contributed by atoms with E-state index in [1.807, 2.05) is 6.08 Å². The molecule has 0 aromatic heterocycles. The van der Waals surface area contributed by atoms with Crippen LogP contribution in [0.5, 0.6) is 0 Å². The Morgan fingerprint density at radius 2 is 2.33 bits per heavy atom. The highest BCUT2D eigenvalue weighted by molar-refractivity contribution is 5.98. The number of carbonyl (C=O) groups is 2. The van der Waals surface area contributed by atoms with Crippen molar-refractivity contribution >= 4 is 11.8 Å². The van der Waals surface area contributed by atoms with E-state index in [0.717, 1.165) is 12.0 Å². The fourth-order valence-electron chi connectivity index (χ4n) is 1.66. The maximum Gasteiger partial charge on any atom is 0.303 e. The molecule has 0 saturated carbocycles. The Hall–Kier alpha value is -1.16. The van der Waals surface area contributed by atoms with Crippen molar-refractivity contribution in [1.29, 1.82) is 0 Å². The lowest BCUT2D eigenvalue weighted by atomic mass is 10.1. The van der Waals surface area contributed by atoms with E-state index in [2.05, 4.69) is 0 Å². The van der Waals surface area contributed by atoms with Gasteiger partial charge in [0.2, 0.25) is 0 Å². The molecule has 4 nitrogen and oxygen atoms in total. The van der Waals surface area contributed by atoms with Gasteiger partial charge in [0, 0.05) is 20.0 Å². The third kappa shape index (κ3) is 3.83. The average molecular weight is 212 g/mol. The standard InChI is InChI=1S/C11H16O4/c1-15-9-6-8(10(12)7-9)4-2-3-5-11(13)14/h6,9H,2-5,7H2,1H3,(H,13,14). The number of ether oxygens (including phenoxy) is 1. The van der Waals surface area contributed by atoms with E-state index in [-0.39, 0.29) is 18.3 Å². The summed E-state index contributed by atoms with van der Waals surface area (Å²) in [5, 5.41) is 8.44. The van der Waals surface area contributed by atoms with Gasteiger partial charge in [-0.05, 0) is 30.9 Å². The van der Waals surface area contributed by atoms with E-state index in [9.17, 15) is 9.59 Å². The number of hydrogen-bond acceptors (Lipinski definition) is 3. The van der Waals surface area contributed by atoms with Crippen LogP contribution in [0.15, 0.2) is 11.6 Å². The second-order valence-electron chi connectivity index (χ2n) is 3.69. The number of ketones is 1. The fraction of sp³-hybridized carbons (Fsp3) is 0.636. The first-order valence-corrected chi connectivity index (χ1v) is 5.12. The molecule has 0 amide bonds. The predicted molar refractivity (Wildman–Crippen MR) is 54.6 cm³/mol. The lowest BCUT2D eigenvalue weighted by Crippen LogP contribution is -2.05. The quantitative estimate of drug-likeness (QED) is 0.678. The van der Waals surface area contributed by atoms with Crippen LogP contribution in [0.1, 0.15) is 32.1 Å². The molecule has 0 heterocycles. The third-order valence-electron chi connectivity index (χ3n) is 2.52. The molecule has 0 saturated heterocycles. The number of carboxylic acids is 1. The highest BCUT2D eigenvalue weighted by atomic mass is 16.5. The number of rotatable bonds is 6. The van der Waals surface area contributed by atoms with Gasteiger partial charge in [0.05, 0.1) is 6.10 Å². The maximum absolute atomic E-state index is 11.4. The molecular weight excluding hydrogens is 196 g/mol. The molecule has 1 N–H and O–H groups in total. The molecular formula is C11H16O4. The average Bonchev–Trinajstić information content (AvgIpc) is 2.54. The number of methoxy groups -OCH3 is 1. The van der Waals surface area contributed by atoms with Crippen LogP contribution < -0.4 is 0 Å². The molecule has 1 unspecified atom stereocenters. The first kappa shape index (κ1) is 11.9. The minimum atomic E-state index is -0.781. The van der Waals surface area contributed by atoms with Gasteiger partial charge in [0.15, 0.2) is 5.78 Å². The van der Waals surface area contributed by atoms with E-state index < -0.39 is 5.97 Å². The summed E-state index contributed by atoms with van der Waals surface area (Å²) in [6.07, 6.45) is 4.43. The van der Waals surface area contributed by atoms with Crippen LogP contribution in [0.4, 0.5) is 0 Å². The molecule has 1 aliphatic carbocycles. The number of Topliss-reactive ketones (excluding diaryl/α,β-unsaturated/α-hetero) is 1. The monoisotopic (exact) mass is 212 g/mol. The maximum atomic E-state index is 11.4. The van der Waals surface area contributed by atoms with Gasteiger partial charge >= 0.3 is 5.97 Å². The highest BCUT2D eigenvalue weighted by Gasteiger charge is 2.22. The topological polar surface area (TPSA) is 63.6 Å². The molecule has 1 aliphatic rings. The van der Waals surface area contributed by atoms with Gasteiger partial charge in [0.1, 0.15) is 0 Å². The molecule has 0 fully saturated rings. The number of carboxylic acid groups (broad SMARTS) is 1. The number of hydrogen-bond donors (Lipinski definition) is 1. The summed E-state index contributed by atoms with van der Waals surface area (Å²) < 4.78 is 5.06. The lowest BCUT2D eigenvalue weighted by Gasteiger charge is -1.99. The Balaban J connectivity index is 2.26. The summed E-state index contributed by atoms with van der Waals surface area (Å²) >= 11 is 0. The van der Waals surface area contributed by atoms with E-state index in [0.29, 0.717) is 19.3 Å². The molecule has 4 heteroatoms. The number of aliphatic carboxylic acids is 1. The fourth-order valence-corrected chi connectivity index (χ4v) is 1.66. The Bertz CT molecular complexity index is 280. The predicted octanol–water partition coefficient (Wildman–Crippen LogP) is 1.55. The minimum Gasteiger partial charge on any atom is -0.481 e. The summed E-state index contributed by atoms with van der Waals surface area (Å²) in [6.45, 7) is 0. The smallest absolute Gasteiger partial charge is 0.303 e. The van der Waals surface area contributed by atoms with Crippen LogP contribution in [-0.2, 0) is 14.3 Å². The van der Waals surface area contributed by atoms with E-state index in [1.165, 1.54) is 0 Å². The third-order valence-corrected chi connectivity index (χ3v) is 2.52. The molecule has 0 aromatic carbocycles. The van der Waals surface area contributed by atoms with Gasteiger partial charge in [0.25, 0.3) is 0 Å². The Morgan fingerprint density at radius 1 is 1.60 bits per heavy atom. The SMILES string of the molecule is COC1C=C(CCCCC(=O)O)C(=O)C1. The first-order valence-electron chi connectivity index (χ1n) is 5.12. The van der Waals surface area contributed by atoms with Crippen molar-refractivity contribution in [3.05, 3.63) is 11.6 Å². The van der Waals surface area contributed by atoms with Crippen molar-refractivity contribution in [3.63, 3.8) is 0 Å². The van der Waals surface area contributed by atoms with E-state index >= 15 is 0 Å². The number of carbonyl (C=O) groups excluding carboxylic acids is 1. The molecule has 1 atom stereocenters. The number of unbranched alkanes of at least 4 members (excludes halogenated alkanes) is 1. The largest absolute Gasteiger partial charge is 0.481 e. The van der Waals surface area contributed by atoms with E-state index in [1.54, 1.807) is 7.11 Å². The molecule has 84 valence electrons. The Morgan fingerprint density at radius 3 is 2.87 bits per heavy atom. The molecule has 0 aromatic rings. The zero-order valence-corrected chi connectivity index (χ0v) is 8.86. The molecule has 0 spiro atoms. The lowest BCUT2D eigenvalue weighted by molar-refractivity contribution is -0.137. The second-order valence-corrected chi connectivity index (χ2v) is 3.69. The Kier molecular flexibility index (Phi) is 4.49. The molecule has 15 heavy (non-hydrogen) atoms. The van der Waals surface area contributed by atoms with Crippen LogP contribution in [0, 0.1) is 0 Å². The van der Waals surface area contributed by atoms with Gasteiger partial charge < -0.3 is 9.84 Å². The molecule has 1 rings (SSSR count). The van der Waals surface area contributed by atoms with E-state index in [4.69, 9.17) is 9.84 Å². The minimum absolute atomic E-state index is 0.0769. The van der Waals surface area contributed by atoms with Crippen LogP contribution in [0.2, 0.25) is 0 Å². The summed E-state index contributed by atoms with van der Waals surface area (Å²) in [5.41, 5.74) is 0.798. The van der Waals surface area contributed by atoms with Crippen molar-refractivity contribution in [2.45, 2.75) is 38.2 Å². The molecule has 0 aliphatic heterocycles. The van der Waals surface area contributed by atoms with Gasteiger partial charge in [-0.25, -0.2) is 0 Å². The number of allylic oxidation sites excluding steroid dienone is 1. The van der Waals surface area contributed by atoms with Gasteiger partial charge in [-0.1, -0.05) is 0 Å². The van der Waals surface area contributed by atoms with Gasteiger partial charge in [-0.2, -0.15) is 0 Å². The van der Waals surface area contributed by atoms with Crippen LogP contribution in [0.3, 0.4) is 0 Å². The first-order chi connectivity index (χ1) is 7.13. The zero-order valence-electron chi connectivity index (χ0n) is 8.86. The van der Waals surface area contributed by atoms with Crippen molar-refractivity contribution in [1.82, 2.24) is 0 Å². The van der Waals surface area contributed by atoms with Crippen molar-refractivity contribution < 1.29 is 19.4 Å².